The van der Waals surface area contributed by atoms with E-state index in [1.54, 1.807) is 12.1 Å². The normalized spacial score (nSPS) is 15.4. The number of nitrogens with two attached hydrogens (primary N) is 1. The fourth-order valence-electron chi connectivity index (χ4n) is 3.32. The average molecular weight is 391 g/mol. The number of phenols is 1. The van der Waals surface area contributed by atoms with Gasteiger partial charge < -0.3 is 14.7 Å². The van der Waals surface area contributed by atoms with E-state index >= 15 is 0 Å². The molecule has 27 heavy (non-hydrogen) atoms. The van der Waals surface area contributed by atoms with Gasteiger partial charge in [0, 0.05) is 30.2 Å². The number of primary sulfonamides is 1. The van der Waals surface area contributed by atoms with Crippen molar-refractivity contribution in [3.8, 4) is 11.4 Å². The zero-order valence-electron chi connectivity index (χ0n) is 14.3. The number of aromatic hydroxyl groups is 1. The van der Waals surface area contributed by atoms with Crippen LogP contribution in [0.4, 0.5) is 10.2 Å². The minimum absolute atomic E-state index is 0.334. The summed E-state index contributed by atoms with van der Waals surface area (Å²) in [6, 6.07) is 10.5. The molecule has 1 saturated heterocycles. The summed E-state index contributed by atoms with van der Waals surface area (Å²) in [5.74, 6) is 0.00774. The van der Waals surface area contributed by atoms with Crippen LogP contribution in [0.15, 0.2) is 47.4 Å². The standard InChI is InChI=1S/C18H18FN3O4S/c19-13-1-3-14(4-2-13)22-15-11-16(23)17(27(20,24)25)9-12(15)10-18(22)21-5-7-26-8-6-21/h1-4,9-11,23H,5-8H2,(H2,20,24,25). The Balaban J connectivity index is 1.99. The second kappa shape index (κ2) is 6.52. The molecule has 1 aliphatic heterocycles. The third-order valence-electron chi connectivity index (χ3n) is 4.59. The van der Waals surface area contributed by atoms with Crippen LogP contribution in [-0.4, -0.2) is 44.4 Å². The van der Waals surface area contributed by atoms with Crippen molar-refractivity contribution in [2.24, 2.45) is 5.14 Å². The van der Waals surface area contributed by atoms with Crippen LogP contribution in [0.1, 0.15) is 0 Å². The first-order valence-corrected chi connectivity index (χ1v) is 9.89. The molecule has 4 rings (SSSR count). The van der Waals surface area contributed by atoms with Crippen molar-refractivity contribution in [1.82, 2.24) is 4.57 Å². The Morgan fingerprint density at radius 3 is 2.37 bits per heavy atom. The minimum Gasteiger partial charge on any atom is -0.506 e. The maximum absolute atomic E-state index is 13.4. The molecule has 9 heteroatoms. The van der Waals surface area contributed by atoms with Crippen molar-refractivity contribution < 1.29 is 22.7 Å². The van der Waals surface area contributed by atoms with E-state index in [9.17, 15) is 17.9 Å². The van der Waals surface area contributed by atoms with E-state index in [0.29, 0.717) is 42.9 Å². The van der Waals surface area contributed by atoms with Crippen LogP contribution < -0.4 is 10.0 Å². The smallest absolute Gasteiger partial charge is 0.241 e. The second-order valence-corrected chi connectivity index (χ2v) is 7.87. The highest BCUT2D eigenvalue weighted by Gasteiger charge is 2.22. The minimum atomic E-state index is -4.07. The lowest BCUT2D eigenvalue weighted by molar-refractivity contribution is 0.122. The van der Waals surface area contributed by atoms with Crippen molar-refractivity contribution in [2.75, 3.05) is 31.2 Å². The molecule has 0 unspecified atom stereocenters. The van der Waals surface area contributed by atoms with Crippen LogP contribution in [0.25, 0.3) is 16.6 Å². The van der Waals surface area contributed by atoms with Gasteiger partial charge in [-0.3, -0.25) is 4.57 Å². The van der Waals surface area contributed by atoms with Gasteiger partial charge in [0.25, 0.3) is 0 Å². The summed E-state index contributed by atoms with van der Waals surface area (Å²) in [6.07, 6.45) is 0. The highest BCUT2D eigenvalue weighted by Crippen LogP contribution is 2.35. The third kappa shape index (κ3) is 3.25. The van der Waals surface area contributed by atoms with Crippen LogP contribution >= 0.6 is 0 Å². The summed E-state index contributed by atoms with van der Waals surface area (Å²) in [5, 5.41) is 16.0. The average Bonchev–Trinajstić information content (AvgIpc) is 3.00. The van der Waals surface area contributed by atoms with Crippen molar-refractivity contribution in [3.63, 3.8) is 0 Å². The molecule has 7 nitrogen and oxygen atoms in total. The quantitative estimate of drug-likeness (QED) is 0.711. The van der Waals surface area contributed by atoms with Gasteiger partial charge in [0.2, 0.25) is 10.0 Å². The molecule has 0 bridgehead atoms. The molecule has 0 aliphatic carbocycles. The van der Waals surface area contributed by atoms with E-state index in [4.69, 9.17) is 9.88 Å². The molecule has 0 spiro atoms. The van der Waals surface area contributed by atoms with Crippen molar-refractivity contribution in [1.29, 1.82) is 0 Å². The number of sulfonamides is 1. The molecule has 0 amide bonds. The summed E-state index contributed by atoms with van der Waals surface area (Å²) >= 11 is 0. The largest absolute Gasteiger partial charge is 0.506 e. The van der Waals surface area contributed by atoms with E-state index in [0.717, 1.165) is 5.82 Å². The topological polar surface area (TPSA) is 97.8 Å². The van der Waals surface area contributed by atoms with Gasteiger partial charge in [0.05, 0.1) is 18.7 Å². The number of hydrogen-bond acceptors (Lipinski definition) is 5. The molecule has 2 aromatic carbocycles. The first-order valence-electron chi connectivity index (χ1n) is 8.34. The summed E-state index contributed by atoms with van der Waals surface area (Å²) in [5.41, 5.74) is 1.28. The van der Waals surface area contributed by atoms with E-state index in [-0.39, 0.29) is 10.7 Å². The molecule has 1 fully saturated rings. The van der Waals surface area contributed by atoms with Crippen molar-refractivity contribution in [2.45, 2.75) is 4.90 Å². The lowest BCUT2D eigenvalue weighted by atomic mass is 10.2. The lowest BCUT2D eigenvalue weighted by Gasteiger charge is -2.29. The molecule has 3 aromatic rings. The zero-order valence-corrected chi connectivity index (χ0v) is 15.1. The highest BCUT2D eigenvalue weighted by atomic mass is 32.2. The number of hydrogen-bond donors (Lipinski definition) is 2. The number of ether oxygens (including phenoxy) is 1. The number of fused-ring (bicyclic) bond motifs is 1. The first kappa shape index (κ1) is 17.8. The predicted molar refractivity (Wildman–Crippen MR) is 99.3 cm³/mol. The fourth-order valence-corrected chi connectivity index (χ4v) is 3.97. The molecule has 3 N–H and O–H groups in total. The van der Waals surface area contributed by atoms with Gasteiger partial charge in [0.1, 0.15) is 22.3 Å². The molecule has 1 aromatic heterocycles. The molecule has 142 valence electrons. The van der Waals surface area contributed by atoms with E-state index < -0.39 is 15.8 Å². The molecule has 0 radical (unpaired) electrons. The Kier molecular flexibility index (Phi) is 4.29. The van der Waals surface area contributed by atoms with Crippen LogP contribution in [0, 0.1) is 5.82 Å². The monoisotopic (exact) mass is 391 g/mol. The Bertz CT molecular complexity index is 1100. The number of rotatable bonds is 3. The summed E-state index contributed by atoms with van der Waals surface area (Å²) in [6.45, 7) is 2.45. The fraction of sp³-hybridized carbons (Fsp3) is 0.222. The molecular formula is C18H18FN3O4S. The Hall–Kier alpha value is -2.62. The van der Waals surface area contributed by atoms with Gasteiger partial charge >= 0.3 is 0 Å². The number of halogens is 1. The van der Waals surface area contributed by atoms with Crippen LogP contribution in [0.2, 0.25) is 0 Å². The van der Waals surface area contributed by atoms with Crippen LogP contribution in [0.5, 0.6) is 5.75 Å². The molecular weight excluding hydrogens is 373 g/mol. The maximum atomic E-state index is 13.4. The summed E-state index contributed by atoms with van der Waals surface area (Å²) in [7, 11) is -4.07. The predicted octanol–water partition coefficient (Wildman–Crippen LogP) is 1.96. The van der Waals surface area contributed by atoms with Crippen LogP contribution in [0.3, 0.4) is 0 Å². The Morgan fingerprint density at radius 2 is 1.74 bits per heavy atom. The van der Waals surface area contributed by atoms with Gasteiger partial charge in [-0.2, -0.15) is 0 Å². The number of anilines is 1. The molecule has 1 aliphatic rings. The number of aromatic nitrogens is 1. The van der Waals surface area contributed by atoms with E-state index in [2.05, 4.69) is 4.90 Å². The van der Waals surface area contributed by atoms with Gasteiger partial charge in [-0.15, -0.1) is 0 Å². The second-order valence-electron chi connectivity index (χ2n) is 6.34. The number of nitrogens with zero attached hydrogens (tertiary/aromatic N) is 2. The van der Waals surface area contributed by atoms with E-state index in [1.165, 1.54) is 24.3 Å². The first-order chi connectivity index (χ1) is 12.8. The lowest BCUT2D eigenvalue weighted by Crippen LogP contribution is -2.37. The van der Waals surface area contributed by atoms with Crippen molar-refractivity contribution in [3.05, 3.63) is 48.3 Å². The summed E-state index contributed by atoms with van der Waals surface area (Å²) < 4.78 is 44.1. The van der Waals surface area contributed by atoms with Crippen molar-refractivity contribution >= 4 is 26.7 Å². The zero-order chi connectivity index (χ0) is 19.2. The highest BCUT2D eigenvalue weighted by molar-refractivity contribution is 7.89. The Labute approximate surface area is 155 Å². The molecule has 0 atom stereocenters. The molecule has 0 saturated carbocycles. The van der Waals surface area contributed by atoms with E-state index in [1.807, 2.05) is 10.6 Å². The maximum Gasteiger partial charge on any atom is 0.241 e. The number of phenolic OH excluding ortho intramolecular Hbond substituents is 1. The van der Waals surface area contributed by atoms with Gasteiger partial charge in [-0.1, -0.05) is 0 Å². The summed E-state index contributed by atoms with van der Waals surface area (Å²) in [4.78, 5) is 1.76. The van der Waals surface area contributed by atoms with Gasteiger partial charge in [0.15, 0.2) is 0 Å². The van der Waals surface area contributed by atoms with Gasteiger partial charge in [-0.25, -0.2) is 17.9 Å². The number of morpholine rings is 1. The SMILES string of the molecule is NS(=O)(=O)c1cc2cc(N3CCOCC3)n(-c3ccc(F)cc3)c2cc1O. The third-order valence-corrected chi connectivity index (χ3v) is 5.53. The van der Waals surface area contributed by atoms with Gasteiger partial charge in [-0.05, 0) is 36.4 Å². The molecule has 2 heterocycles. The number of benzene rings is 2. The Morgan fingerprint density at radius 1 is 1.07 bits per heavy atom. The van der Waals surface area contributed by atoms with Crippen LogP contribution in [-0.2, 0) is 14.8 Å².